The van der Waals surface area contributed by atoms with Crippen molar-refractivity contribution in [3.63, 3.8) is 0 Å². The zero-order chi connectivity index (χ0) is 14.7. The Hall–Kier alpha value is -0.450. The third kappa shape index (κ3) is 5.21. The average Bonchev–Trinajstić information content (AvgIpc) is 2.35. The van der Waals surface area contributed by atoms with E-state index in [1.165, 1.54) is 0 Å². The van der Waals surface area contributed by atoms with E-state index in [1.54, 1.807) is 0 Å². The SMILES string of the molecule is CC(C)(CCl)CNC(=O)C1CCCC(C(F)(F)F)C1. The van der Waals surface area contributed by atoms with Gasteiger partial charge >= 0.3 is 6.18 Å². The van der Waals surface area contributed by atoms with Crippen LogP contribution in [0.25, 0.3) is 0 Å². The third-order valence-electron chi connectivity index (χ3n) is 3.61. The van der Waals surface area contributed by atoms with Gasteiger partial charge in [0.1, 0.15) is 0 Å². The molecule has 19 heavy (non-hydrogen) atoms. The first-order valence-corrected chi connectivity index (χ1v) is 7.09. The highest BCUT2D eigenvalue weighted by atomic mass is 35.5. The van der Waals surface area contributed by atoms with Crippen LogP contribution in [0.15, 0.2) is 0 Å². The molecule has 2 unspecified atom stereocenters. The van der Waals surface area contributed by atoms with Crippen molar-refractivity contribution < 1.29 is 18.0 Å². The Bertz CT molecular complexity index is 318. The Balaban J connectivity index is 2.49. The Morgan fingerprint density at radius 1 is 1.32 bits per heavy atom. The van der Waals surface area contributed by atoms with Crippen molar-refractivity contribution in [3.8, 4) is 0 Å². The van der Waals surface area contributed by atoms with Gasteiger partial charge in [0.25, 0.3) is 0 Å². The van der Waals surface area contributed by atoms with E-state index in [0.29, 0.717) is 25.3 Å². The van der Waals surface area contributed by atoms with Crippen molar-refractivity contribution in [3.05, 3.63) is 0 Å². The summed E-state index contributed by atoms with van der Waals surface area (Å²) >= 11 is 5.75. The minimum Gasteiger partial charge on any atom is -0.355 e. The van der Waals surface area contributed by atoms with Gasteiger partial charge in [0.15, 0.2) is 0 Å². The van der Waals surface area contributed by atoms with E-state index in [-0.39, 0.29) is 24.2 Å². The number of hydrogen-bond donors (Lipinski definition) is 1. The summed E-state index contributed by atoms with van der Waals surface area (Å²) in [7, 11) is 0. The minimum atomic E-state index is -4.19. The molecular formula is C13H21ClF3NO. The maximum atomic E-state index is 12.7. The van der Waals surface area contributed by atoms with E-state index >= 15 is 0 Å². The van der Waals surface area contributed by atoms with Gasteiger partial charge in [-0.25, -0.2) is 0 Å². The molecule has 6 heteroatoms. The molecule has 1 rings (SSSR count). The van der Waals surface area contributed by atoms with Crippen LogP contribution in [0.3, 0.4) is 0 Å². The van der Waals surface area contributed by atoms with E-state index in [9.17, 15) is 18.0 Å². The smallest absolute Gasteiger partial charge is 0.355 e. The van der Waals surface area contributed by atoms with Crippen molar-refractivity contribution in [2.45, 2.75) is 45.7 Å². The van der Waals surface area contributed by atoms with E-state index in [1.807, 2.05) is 13.8 Å². The number of rotatable bonds is 4. The zero-order valence-corrected chi connectivity index (χ0v) is 12.1. The Labute approximate surface area is 117 Å². The topological polar surface area (TPSA) is 29.1 Å². The molecule has 0 heterocycles. The molecule has 1 N–H and O–H groups in total. The van der Waals surface area contributed by atoms with Crippen LogP contribution in [-0.4, -0.2) is 24.5 Å². The first kappa shape index (κ1) is 16.6. The van der Waals surface area contributed by atoms with Crippen molar-refractivity contribution in [1.29, 1.82) is 0 Å². The molecule has 1 saturated carbocycles. The number of halogens is 4. The van der Waals surface area contributed by atoms with E-state index in [0.717, 1.165) is 0 Å². The van der Waals surface area contributed by atoms with Gasteiger partial charge in [0, 0.05) is 18.3 Å². The highest BCUT2D eigenvalue weighted by Crippen LogP contribution is 2.39. The first-order valence-electron chi connectivity index (χ1n) is 6.56. The monoisotopic (exact) mass is 299 g/mol. The molecule has 1 amide bonds. The summed E-state index contributed by atoms with van der Waals surface area (Å²) in [6, 6.07) is 0. The lowest BCUT2D eigenvalue weighted by Gasteiger charge is -2.30. The van der Waals surface area contributed by atoms with Crippen LogP contribution in [0, 0.1) is 17.3 Å². The third-order valence-corrected chi connectivity index (χ3v) is 4.33. The van der Waals surface area contributed by atoms with Gasteiger partial charge in [0.05, 0.1) is 5.92 Å². The second-order valence-corrected chi connectivity index (χ2v) is 6.38. The van der Waals surface area contributed by atoms with Crippen molar-refractivity contribution in [2.24, 2.45) is 17.3 Å². The lowest BCUT2D eigenvalue weighted by Crippen LogP contribution is -2.41. The molecule has 2 atom stereocenters. The number of amides is 1. The lowest BCUT2D eigenvalue weighted by atomic mass is 9.80. The number of alkyl halides is 4. The van der Waals surface area contributed by atoms with Gasteiger partial charge in [0.2, 0.25) is 5.91 Å². The van der Waals surface area contributed by atoms with Crippen LogP contribution in [0.5, 0.6) is 0 Å². The van der Waals surface area contributed by atoms with Crippen LogP contribution < -0.4 is 5.32 Å². The fourth-order valence-electron chi connectivity index (χ4n) is 2.24. The molecule has 0 saturated heterocycles. The molecule has 0 aromatic carbocycles. The fourth-order valence-corrected chi connectivity index (χ4v) is 2.34. The molecule has 0 aliphatic heterocycles. The quantitative estimate of drug-likeness (QED) is 0.787. The molecule has 2 nitrogen and oxygen atoms in total. The van der Waals surface area contributed by atoms with Gasteiger partial charge in [-0.1, -0.05) is 20.3 Å². The highest BCUT2D eigenvalue weighted by Gasteiger charge is 2.43. The Morgan fingerprint density at radius 3 is 2.47 bits per heavy atom. The molecule has 0 aromatic rings. The van der Waals surface area contributed by atoms with E-state index in [4.69, 9.17) is 11.6 Å². The van der Waals surface area contributed by atoms with Crippen LogP contribution in [0.1, 0.15) is 39.5 Å². The van der Waals surface area contributed by atoms with Gasteiger partial charge in [-0.3, -0.25) is 4.79 Å². The summed E-state index contributed by atoms with van der Waals surface area (Å²) in [5.41, 5.74) is -0.241. The van der Waals surface area contributed by atoms with Gasteiger partial charge in [-0.2, -0.15) is 13.2 Å². The molecule has 0 spiro atoms. The van der Waals surface area contributed by atoms with Crippen LogP contribution in [0.2, 0.25) is 0 Å². The van der Waals surface area contributed by atoms with Gasteiger partial charge in [-0.15, -0.1) is 11.6 Å². The summed E-state index contributed by atoms with van der Waals surface area (Å²) in [6.07, 6.45) is -3.13. The first-order chi connectivity index (χ1) is 8.65. The van der Waals surface area contributed by atoms with Crippen LogP contribution in [-0.2, 0) is 4.79 Å². The van der Waals surface area contributed by atoms with Crippen molar-refractivity contribution in [1.82, 2.24) is 5.32 Å². The maximum Gasteiger partial charge on any atom is 0.391 e. The van der Waals surface area contributed by atoms with Crippen LogP contribution >= 0.6 is 11.6 Å². The van der Waals surface area contributed by atoms with E-state index in [2.05, 4.69) is 5.32 Å². The molecule has 112 valence electrons. The molecule has 1 aliphatic carbocycles. The van der Waals surface area contributed by atoms with Crippen molar-refractivity contribution >= 4 is 17.5 Å². The summed E-state index contributed by atoms with van der Waals surface area (Å²) in [5.74, 6) is -1.74. The number of carbonyl (C=O) groups excluding carboxylic acids is 1. The molecule has 1 fully saturated rings. The summed E-state index contributed by atoms with van der Waals surface area (Å²) in [6.45, 7) is 4.20. The standard InChI is InChI=1S/C13H21ClF3NO/c1-12(2,7-14)8-18-11(19)9-4-3-5-10(6-9)13(15,16)17/h9-10H,3-8H2,1-2H3,(H,18,19). The molecular weight excluding hydrogens is 279 g/mol. The predicted octanol–water partition coefficient (Wildman–Crippen LogP) is 3.74. The molecule has 0 bridgehead atoms. The van der Waals surface area contributed by atoms with Crippen molar-refractivity contribution in [2.75, 3.05) is 12.4 Å². The maximum absolute atomic E-state index is 12.7. The predicted molar refractivity (Wildman–Crippen MR) is 69.0 cm³/mol. The van der Waals surface area contributed by atoms with Gasteiger partial charge < -0.3 is 5.32 Å². The largest absolute Gasteiger partial charge is 0.391 e. The highest BCUT2D eigenvalue weighted by molar-refractivity contribution is 6.18. The lowest BCUT2D eigenvalue weighted by molar-refractivity contribution is -0.186. The normalized spacial score (nSPS) is 25.2. The van der Waals surface area contributed by atoms with E-state index < -0.39 is 18.0 Å². The molecule has 0 radical (unpaired) electrons. The summed E-state index contributed by atoms with van der Waals surface area (Å²) < 4.78 is 38.0. The minimum absolute atomic E-state index is 0.0867. The fraction of sp³-hybridized carbons (Fsp3) is 0.923. The average molecular weight is 300 g/mol. The van der Waals surface area contributed by atoms with Crippen LogP contribution in [0.4, 0.5) is 13.2 Å². The number of hydrogen-bond acceptors (Lipinski definition) is 1. The van der Waals surface area contributed by atoms with Gasteiger partial charge in [-0.05, 0) is 24.7 Å². The number of nitrogens with one attached hydrogen (secondary N) is 1. The second kappa shape index (κ2) is 6.33. The summed E-state index contributed by atoms with van der Waals surface area (Å²) in [4.78, 5) is 11.9. The zero-order valence-electron chi connectivity index (χ0n) is 11.3. The Morgan fingerprint density at radius 2 is 1.95 bits per heavy atom. The summed E-state index contributed by atoms with van der Waals surface area (Å²) in [5, 5.41) is 2.72. The molecule has 0 aromatic heterocycles. The second-order valence-electron chi connectivity index (χ2n) is 6.12. The number of carbonyl (C=O) groups is 1. The molecule has 1 aliphatic rings. The Kier molecular flexibility index (Phi) is 5.53.